The Morgan fingerprint density at radius 1 is 1.26 bits per heavy atom. The van der Waals surface area contributed by atoms with Crippen molar-refractivity contribution < 1.29 is 18.7 Å². The van der Waals surface area contributed by atoms with E-state index in [9.17, 15) is 9.59 Å². The molecule has 0 fully saturated rings. The van der Waals surface area contributed by atoms with E-state index in [0.29, 0.717) is 22.0 Å². The van der Waals surface area contributed by atoms with Crippen LogP contribution in [0, 0.1) is 6.92 Å². The Morgan fingerprint density at radius 2 is 2.00 bits per heavy atom. The van der Waals surface area contributed by atoms with Crippen LogP contribution in [0.2, 0.25) is 0 Å². The van der Waals surface area contributed by atoms with Crippen LogP contribution in [0.4, 0.5) is 0 Å². The van der Waals surface area contributed by atoms with Crippen molar-refractivity contribution in [1.82, 2.24) is 10.3 Å². The molecule has 1 amide bonds. The van der Waals surface area contributed by atoms with E-state index in [2.05, 4.69) is 26.2 Å². The standard InChI is InChI=1S/C19H17BrN2O4S/c1-11-3-8-15(26-11)18-21-14(10-27-18)9-16(23)22-17(19(24)25-2)12-4-6-13(20)7-5-12/h3-8,10,17H,9H2,1-2H3,(H,22,23). The summed E-state index contributed by atoms with van der Waals surface area (Å²) in [6, 6.07) is 9.95. The molecule has 27 heavy (non-hydrogen) atoms. The van der Waals surface area contributed by atoms with Gasteiger partial charge in [-0.25, -0.2) is 9.78 Å². The van der Waals surface area contributed by atoms with Crippen molar-refractivity contribution >= 4 is 39.1 Å². The largest absolute Gasteiger partial charge is 0.467 e. The molecule has 3 aromatic rings. The summed E-state index contributed by atoms with van der Waals surface area (Å²) in [5.74, 6) is 0.623. The predicted octanol–water partition coefficient (Wildman–Crippen LogP) is 4.05. The molecule has 0 aliphatic carbocycles. The minimum atomic E-state index is -0.874. The van der Waals surface area contributed by atoms with Gasteiger partial charge in [-0.15, -0.1) is 11.3 Å². The van der Waals surface area contributed by atoms with E-state index in [0.717, 1.165) is 10.2 Å². The summed E-state index contributed by atoms with van der Waals surface area (Å²) < 4.78 is 11.2. The van der Waals surface area contributed by atoms with Crippen molar-refractivity contribution in [2.24, 2.45) is 0 Å². The Bertz CT molecular complexity index is 949. The third-order valence-electron chi connectivity index (χ3n) is 3.79. The Kier molecular flexibility index (Phi) is 6.08. The molecular weight excluding hydrogens is 432 g/mol. The number of amides is 1. The number of esters is 1. The van der Waals surface area contributed by atoms with Crippen LogP contribution < -0.4 is 5.32 Å². The van der Waals surface area contributed by atoms with E-state index in [4.69, 9.17) is 9.15 Å². The first-order valence-corrected chi connectivity index (χ1v) is 9.77. The zero-order valence-corrected chi connectivity index (χ0v) is 17.1. The summed E-state index contributed by atoms with van der Waals surface area (Å²) in [7, 11) is 1.29. The zero-order chi connectivity index (χ0) is 19.4. The van der Waals surface area contributed by atoms with Crippen molar-refractivity contribution in [3.8, 4) is 10.8 Å². The number of methoxy groups -OCH3 is 1. The number of carbonyl (C=O) groups excluding carboxylic acids is 2. The van der Waals surface area contributed by atoms with Crippen LogP contribution in [0.5, 0.6) is 0 Å². The molecule has 1 N–H and O–H groups in total. The van der Waals surface area contributed by atoms with Gasteiger partial charge in [0.15, 0.2) is 16.8 Å². The van der Waals surface area contributed by atoms with Crippen LogP contribution in [0.3, 0.4) is 0 Å². The maximum absolute atomic E-state index is 12.4. The van der Waals surface area contributed by atoms with Gasteiger partial charge >= 0.3 is 5.97 Å². The summed E-state index contributed by atoms with van der Waals surface area (Å²) in [6.45, 7) is 1.86. The fraction of sp³-hybridized carbons (Fsp3) is 0.211. The summed E-state index contributed by atoms with van der Waals surface area (Å²) in [4.78, 5) is 29.0. The molecule has 3 rings (SSSR count). The van der Waals surface area contributed by atoms with Crippen LogP contribution in [-0.4, -0.2) is 24.0 Å². The number of thiazole rings is 1. The van der Waals surface area contributed by atoms with Gasteiger partial charge in [0.1, 0.15) is 5.76 Å². The van der Waals surface area contributed by atoms with E-state index in [-0.39, 0.29) is 12.3 Å². The molecule has 0 aliphatic heterocycles. The van der Waals surface area contributed by atoms with Crippen molar-refractivity contribution in [2.75, 3.05) is 7.11 Å². The van der Waals surface area contributed by atoms with Crippen molar-refractivity contribution in [1.29, 1.82) is 0 Å². The number of benzene rings is 1. The number of aryl methyl sites for hydroxylation is 1. The number of ether oxygens (including phenoxy) is 1. The first kappa shape index (κ1) is 19.3. The molecular formula is C19H17BrN2O4S. The third-order valence-corrected chi connectivity index (χ3v) is 5.22. The first-order valence-electron chi connectivity index (χ1n) is 8.10. The van der Waals surface area contributed by atoms with Crippen LogP contribution in [-0.2, 0) is 20.7 Å². The molecule has 0 saturated heterocycles. The molecule has 0 saturated carbocycles. The zero-order valence-electron chi connectivity index (χ0n) is 14.7. The second-order valence-electron chi connectivity index (χ2n) is 5.81. The highest BCUT2D eigenvalue weighted by Crippen LogP contribution is 2.26. The molecule has 1 unspecified atom stereocenters. The van der Waals surface area contributed by atoms with Gasteiger partial charge in [0.25, 0.3) is 0 Å². The Balaban J connectivity index is 1.70. The van der Waals surface area contributed by atoms with Gasteiger partial charge in [-0.05, 0) is 36.8 Å². The van der Waals surface area contributed by atoms with Gasteiger partial charge in [0, 0.05) is 9.85 Å². The lowest BCUT2D eigenvalue weighted by molar-refractivity contribution is -0.145. The van der Waals surface area contributed by atoms with Crippen molar-refractivity contribution in [3.63, 3.8) is 0 Å². The highest BCUT2D eigenvalue weighted by atomic mass is 79.9. The van der Waals surface area contributed by atoms with E-state index >= 15 is 0 Å². The minimum Gasteiger partial charge on any atom is -0.467 e. The number of hydrogen-bond donors (Lipinski definition) is 1. The van der Waals surface area contributed by atoms with Crippen LogP contribution in [0.25, 0.3) is 10.8 Å². The quantitative estimate of drug-likeness (QED) is 0.575. The lowest BCUT2D eigenvalue weighted by atomic mass is 10.1. The monoisotopic (exact) mass is 448 g/mol. The summed E-state index contributed by atoms with van der Waals surface area (Å²) in [6.07, 6.45) is 0.0558. The highest BCUT2D eigenvalue weighted by Gasteiger charge is 2.24. The maximum Gasteiger partial charge on any atom is 0.333 e. The number of halogens is 1. The maximum atomic E-state index is 12.4. The van der Waals surface area contributed by atoms with Gasteiger partial charge < -0.3 is 14.5 Å². The van der Waals surface area contributed by atoms with Crippen molar-refractivity contribution in [3.05, 3.63) is 63.3 Å². The Morgan fingerprint density at radius 3 is 2.63 bits per heavy atom. The lowest BCUT2D eigenvalue weighted by Crippen LogP contribution is -2.35. The SMILES string of the molecule is COC(=O)C(NC(=O)Cc1csc(-c2ccc(C)o2)n1)c1ccc(Br)cc1. The molecule has 1 aromatic carbocycles. The summed E-state index contributed by atoms with van der Waals surface area (Å²) >= 11 is 4.75. The number of carbonyl (C=O) groups is 2. The predicted molar refractivity (Wildman–Crippen MR) is 105 cm³/mol. The molecule has 1 atom stereocenters. The average Bonchev–Trinajstić information content (AvgIpc) is 3.29. The normalized spacial score (nSPS) is 11.8. The minimum absolute atomic E-state index is 0.0558. The lowest BCUT2D eigenvalue weighted by Gasteiger charge is -2.16. The van der Waals surface area contributed by atoms with Gasteiger partial charge in [-0.1, -0.05) is 28.1 Å². The fourth-order valence-electron chi connectivity index (χ4n) is 2.48. The molecule has 0 radical (unpaired) electrons. The summed E-state index contributed by atoms with van der Waals surface area (Å²) in [5.41, 5.74) is 1.25. The number of nitrogens with one attached hydrogen (secondary N) is 1. The smallest absolute Gasteiger partial charge is 0.333 e. The molecule has 2 heterocycles. The molecule has 0 bridgehead atoms. The van der Waals surface area contributed by atoms with Gasteiger partial charge in [-0.3, -0.25) is 4.79 Å². The number of nitrogens with zero attached hydrogens (tertiary/aromatic N) is 1. The van der Waals surface area contributed by atoms with Crippen LogP contribution in [0.1, 0.15) is 23.1 Å². The van der Waals surface area contributed by atoms with E-state index < -0.39 is 12.0 Å². The van der Waals surface area contributed by atoms with E-state index in [1.807, 2.05) is 19.1 Å². The average molecular weight is 449 g/mol. The topological polar surface area (TPSA) is 81.4 Å². The first-order chi connectivity index (χ1) is 13.0. The van der Waals surface area contributed by atoms with Crippen LogP contribution in [0.15, 0.2) is 50.7 Å². The number of hydrogen-bond acceptors (Lipinski definition) is 6. The highest BCUT2D eigenvalue weighted by molar-refractivity contribution is 9.10. The second-order valence-corrected chi connectivity index (χ2v) is 7.58. The van der Waals surface area contributed by atoms with Crippen molar-refractivity contribution in [2.45, 2.75) is 19.4 Å². The third kappa shape index (κ3) is 4.84. The number of aromatic nitrogens is 1. The molecule has 8 heteroatoms. The Hall–Kier alpha value is -2.45. The second kappa shape index (κ2) is 8.49. The number of rotatable bonds is 6. The molecule has 0 aliphatic rings. The fourth-order valence-corrected chi connectivity index (χ4v) is 3.52. The Labute approximate surface area is 168 Å². The van der Waals surface area contributed by atoms with Gasteiger partial charge in [0.05, 0.1) is 19.2 Å². The van der Waals surface area contributed by atoms with Gasteiger partial charge in [-0.2, -0.15) is 0 Å². The molecule has 6 nitrogen and oxygen atoms in total. The molecule has 2 aromatic heterocycles. The van der Waals surface area contributed by atoms with Crippen LogP contribution >= 0.6 is 27.3 Å². The molecule has 140 valence electrons. The molecule has 0 spiro atoms. The van der Waals surface area contributed by atoms with Gasteiger partial charge in [0.2, 0.25) is 5.91 Å². The van der Waals surface area contributed by atoms with E-state index in [1.165, 1.54) is 18.4 Å². The number of furan rings is 1. The summed E-state index contributed by atoms with van der Waals surface area (Å²) in [5, 5.41) is 5.23. The van der Waals surface area contributed by atoms with E-state index in [1.54, 1.807) is 29.6 Å².